The molecule has 3 nitrogen and oxygen atoms in total. The molecule has 1 aromatic rings. The van der Waals surface area contributed by atoms with Crippen LogP contribution in [0.1, 0.15) is 35.7 Å². The smallest absolute Gasteiger partial charge is 0.261 e. The second kappa shape index (κ2) is 5.22. The number of amides is 2. The summed E-state index contributed by atoms with van der Waals surface area (Å²) in [5, 5.41) is 0. The topological polar surface area (TPSA) is 37.4 Å². The maximum absolute atomic E-state index is 12.4. The van der Waals surface area contributed by atoms with E-state index in [9.17, 15) is 9.59 Å². The summed E-state index contributed by atoms with van der Waals surface area (Å²) in [6.45, 7) is 4.53. The Morgan fingerprint density at radius 3 is 2.83 bits per heavy atom. The monoisotopic (exact) mass is 309 g/mol. The fraction of sp³-hybridized carbons (Fsp3) is 0.429. The van der Waals surface area contributed by atoms with Crippen LogP contribution in [0.4, 0.5) is 0 Å². The van der Waals surface area contributed by atoms with Gasteiger partial charge >= 0.3 is 0 Å². The molecule has 2 amide bonds. The largest absolute Gasteiger partial charge is 0.278 e. The first kappa shape index (κ1) is 13.3. The molecule has 0 bridgehead atoms. The van der Waals surface area contributed by atoms with Crippen molar-refractivity contribution in [2.75, 3.05) is 6.54 Å². The lowest BCUT2D eigenvalue weighted by Gasteiger charge is -2.15. The normalized spacial score (nSPS) is 19.4. The molecule has 0 saturated carbocycles. The van der Waals surface area contributed by atoms with E-state index in [0.29, 0.717) is 24.4 Å². The standard InChI is InChI=1S/C14H16BrNO2/c1-3-10-7-13(17)16(8-10)14(18)11-6-9(2)4-5-12(11)15/h4-6,10H,3,7-8H2,1-2H3. The zero-order valence-corrected chi connectivity index (χ0v) is 12.2. The minimum Gasteiger partial charge on any atom is -0.278 e. The summed E-state index contributed by atoms with van der Waals surface area (Å²) in [4.78, 5) is 25.6. The third kappa shape index (κ3) is 2.48. The SMILES string of the molecule is CCC1CC(=O)N(C(=O)c2cc(C)ccc2Br)C1. The number of hydrogen-bond acceptors (Lipinski definition) is 2. The van der Waals surface area contributed by atoms with E-state index in [0.717, 1.165) is 16.5 Å². The van der Waals surface area contributed by atoms with Gasteiger partial charge in [-0.2, -0.15) is 0 Å². The van der Waals surface area contributed by atoms with Gasteiger partial charge in [0.1, 0.15) is 0 Å². The molecule has 0 aliphatic carbocycles. The van der Waals surface area contributed by atoms with Crippen molar-refractivity contribution < 1.29 is 9.59 Å². The number of carbonyl (C=O) groups is 2. The van der Waals surface area contributed by atoms with Gasteiger partial charge in [0.05, 0.1) is 5.56 Å². The summed E-state index contributed by atoms with van der Waals surface area (Å²) in [6, 6.07) is 5.60. The van der Waals surface area contributed by atoms with Crippen molar-refractivity contribution in [1.29, 1.82) is 0 Å². The van der Waals surface area contributed by atoms with Gasteiger partial charge in [-0.25, -0.2) is 0 Å². The van der Waals surface area contributed by atoms with Gasteiger partial charge in [0.15, 0.2) is 0 Å². The molecular weight excluding hydrogens is 294 g/mol. The van der Waals surface area contributed by atoms with E-state index in [2.05, 4.69) is 22.9 Å². The molecule has 0 aromatic heterocycles. The number of hydrogen-bond donors (Lipinski definition) is 0. The molecule has 1 unspecified atom stereocenters. The summed E-state index contributed by atoms with van der Waals surface area (Å²) < 4.78 is 0.742. The van der Waals surface area contributed by atoms with E-state index in [-0.39, 0.29) is 11.8 Å². The van der Waals surface area contributed by atoms with Gasteiger partial charge in [-0.1, -0.05) is 25.0 Å². The van der Waals surface area contributed by atoms with E-state index >= 15 is 0 Å². The highest BCUT2D eigenvalue weighted by molar-refractivity contribution is 9.10. The fourth-order valence-corrected chi connectivity index (χ4v) is 2.62. The molecule has 4 heteroatoms. The van der Waals surface area contributed by atoms with Crippen LogP contribution in [-0.4, -0.2) is 23.3 Å². The Hall–Kier alpha value is -1.16. The van der Waals surface area contributed by atoms with Gasteiger partial charge in [0, 0.05) is 17.4 Å². The second-order valence-corrected chi connectivity index (χ2v) is 5.63. The Bertz CT molecular complexity index is 499. The maximum Gasteiger partial charge on any atom is 0.261 e. The molecule has 0 N–H and O–H groups in total. The summed E-state index contributed by atoms with van der Waals surface area (Å²) in [5.41, 5.74) is 1.58. The second-order valence-electron chi connectivity index (χ2n) is 4.77. The summed E-state index contributed by atoms with van der Waals surface area (Å²) in [6.07, 6.45) is 1.43. The van der Waals surface area contributed by atoms with E-state index in [1.54, 1.807) is 0 Å². The van der Waals surface area contributed by atoms with Gasteiger partial charge in [0.2, 0.25) is 5.91 Å². The summed E-state index contributed by atoms with van der Waals surface area (Å²) in [7, 11) is 0. The number of benzene rings is 1. The van der Waals surface area contributed by atoms with Crippen molar-refractivity contribution in [3.8, 4) is 0 Å². The Kier molecular flexibility index (Phi) is 3.85. The molecular formula is C14H16BrNO2. The van der Waals surface area contributed by atoms with Crippen molar-refractivity contribution in [2.45, 2.75) is 26.7 Å². The Morgan fingerprint density at radius 1 is 1.50 bits per heavy atom. The average Bonchev–Trinajstić information content (AvgIpc) is 2.73. The zero-order valence-electron chi connectivity index (χ0n) is 10.6. The van der Waals surface area contributed by atoms with Gasteiger partial charge in [-0.05, 0) is 40.9 Å². The summed E-state index contributed by atoms with van der Waals surface area (Å²) in [5.74, 6) is 0.0665. The van der Waals surface area contributed by atoms with Gasteiger partial charge in [0.25, 0.3) is 5.91 Å². The first-order chi connectivity index (χ1) is 8.52. The first-order valence-corrected chi connectivity index (χ1v) is 6.93. The number of nitrogens with zero attached hydrogens (tertiary/aromatic N) is 1. The van der Waals surface area contributed by atoms with Crippen LogP contribution in [0, 0.1) is 12.8 Å². The predicted molar refractivity (Wildman–Crippen MR) is 73.3 cm³/mol. The zero-order chi connectivity index (χ0) is 13.3. The predicted octanol–water partition coefficient (Wildman–Crippen LogP) is 3.16. The number of halogens is 1. The third-order valence-electron chi connectivity index (χ3n) is 3.38. The molecule has 1 aliphatic heterocycles. The number of carbonyl (C=O) groups excluding carboxylic acids is 2. The molecule has 1 atom stereocenters. The van der Waals surface area contributed by atoms with Crippen LogP contribution in [0.2, 0.25) is 0 Å². The molecule has 0 radical (unpaired) electrons. The molecule has 1 saturated heterocycles. The van der Waals surface area contributed by atoms with Crippen molar-refractivity contribution in [1.82, 2.24) is 4.90 Å². The molecule has 1 fully saturated rings. The van der Waals surface area contributed by atoms with Crippen LogP contribution in [0.5, 0.6) is 0 Å². The molecule has 96 valence electrons. The fourth-order valence-electron chi connectivity index (χ4n) is 2.20. The highest BCUT2D eigenvalue weighted by atomic mass is 79.9. The molecule has 1 aromatic carbocycles. The van der Waals surface area contributed by atoms with Gasteiger partial charge in [-0.15, -0.1) is 0 Å². The van der Waals surface area contributed by atoms with E-state index < -0.39 is 0 Å². The van der Waals surface area contributed by atoms with Crippen LogP contribution in [0.25, 0.3) is 0 Å². The lowest BCUT2D eigenvalue weighted by atomic mass is 10.1. The minimum absolute atomic E-state index is 0.0553. The lowest BCUT2D eigenvalue weighted by molar-refractivity contribution is -0.125. The van der Waals surface area contributed by atoms with Crippen LogP contribution in [0.15, 0.2) is 22.7 Å². The first-order valence-electron chi connectivity index (χ1n) is 6.13. The van der Waals surface area contributed by atoms with Crippen LogP contribution in [-0.2, 0) is 4.79 Å². The molecule has 0 spiro atoms. The van der Waals surface area contributed by atoms with E-state index in [1.165, 1.54) is 4.90 Å². The Balaban J connectivity index is 2.26. The molecule has 1 aliphatic rings. The molecule has 18 heavy (non-hydrogen) atoms. The van der Waals surface area contributed by atoms with Crippen molar-refractivity contribution in [2.24, 2.45) is 5.92 Å². The minimum atomic E-state index is -0.188. The Labute approximate surface area is 115 Å². The third-order valence-corrected chi connectivity index (χ3v) is 4.07. The van der Waals surface area contributed by atoms with Crippen LogP contribution in [0.3, 0.4) is 0 Å². The number of aryl methyl sites for hydroxylation is 1. The highest BCUT2D eigenvalue weighted by Gasteiger charge is 2.33. The highest BCUT2D eigenvalue weighted by Crippen LogP contribution is 2.25. The number of likely N-dealkylation sites (tertiary alicyclic amines) is 1. The van der Waals surface area contributed by atoms with Gasteiger partial charge in [-0.3, -0.25) is 14.5 Å². The average molecular weight is 310 g/mol. The lowest BCUT2D eigenvalue weighted by Crippen LogP contribution is -2.32. The molecule has 2 rings (SSSR count). The summed E-state index contributed by atoms with van der Waals surface area (Å²) >= 11 is 3.37. The van der Waals surface area contributed by atoms with Crippen LogP contribution >= 0.6 is 15.9 Å². The number of rotatable bonds is 2. The van der Waals surface area contributed by atoms with E-state index in [1.807, 2.05) is 25.1 Å². The van der Waals surface area contributed by atoms with Crippen LogP contribution < -0.4 is 0 Å². The van der Waals surface area contributed by atoms with Gasteiger partial charge < -0.3 is 0 Å². The van der Waals surface area contributed by atoms with Crippen molar-refractivity contribution in [3.05, 3.63) is 33.8 Å². The molecule has 1 heterocycles. The quantitative estimate of drug-likeness (QED) is 0.787. The Morgan fingerprint density at radius 2 is 2.22 bits per heavy atom. The maximum atomic E-state index is 12.4. The van der Waals surface area contributed by atoms with E-state index in [4.69, 9.17) is 0 Å². The van der Waals surface area contributed by atoms with Crippen molar-refractivity contribution in [3.63, 3.8) is 0 Å². The number of imide groups is 1. The van der Waals surface area contributed by atoms with Crippen molar-refractivity contribution >= 4 is 27.7 Å².